The molecular weight excluding hydrogens is 236 g/mol. The number of likely N-dealkylation sites (tertiary alicyclic amines) is 1. The van der Waals surface area contributed by atoms with E-state index in [0.29, 0.717) is 13.1 Å². The van der Waals surface area contributed by atoms with E-state index in [4.69, 9.17) is 0 Å². The zero-order valence-electron chi connectivity index (χ0n) is 9.89. The first kappa shape index (κ1) is 12.3. The molecule has 98 valence electrons. The van der Waals surface area contributed by atoms with Gasteiger partial charge in [0.05, 0.1) is 5.69 Å². The molecule has 0 unspecified atom stereocenters. The summed E-state index contributed by atoms with van der Waals surface area (Å²) in [4.78, 5) is 13.5. The third kappa shape index (κ3) is 2.58. The number of nitrogens with zero attached hydrogens (tertiary/aromatic N) is 1. The molecule has 1 aliphatic heterocycles. The average Bonchev–Trinajstić information content (AvgIpc) is 2.37. The van der Waals surface area contributed by atoms with Crippen LogP contribution in [0.3, 0.4) is 0 Å². The number of rotatable bonds is 1. The first-order valence-electron chi connectivity index (χ1n) is 5.89. The van der Waals surface area contributed by atoms with Crippen LogP contribution in [0.25, 0.3) is 0 Å². The molecule has 4 N–H and O–H groups in total. The van der Waals surface area contributed by atoms with Crippen molar-refractivity contribution in [2.45, 2.75) is 19.3 Å². The van der Waals surface area contributed by atoms with E-state index in [9.17, 15) is 20.1 Å². The van der Waals surface area contributed by atoms with E-state index in [0.717, 1.165) is 19.3 Å². The van der Waals surface area contributed by atoms with Crippen LogP contribution >= 0.6 is 0 Å². The Labute approximate surface area is 104 Å². The first-order valence-corrected chi connectivity index (χ1v) is 5.89. The molecule has 0 spiro atoms. The van der Waals surface area contributed by atoms with Crippen LogP contribution in [-0.4, -0.2) is 39.3 Å². The van der Waals surface area contributed by atoms with Gasteiger partial charge in [0.1, 0.15) is 0 Å². The summed E-state index contributed by atoms with van der Waals surface area (Å²) >= 11 is 0. The van der Waals surface area contributed by atoms with Gasteiger partial charge in [-0.15, -0.1) is 0 Å². The van der Waals surface area contributed by atoms with E-state index in [2.05, 4.69) is 5.32 Å². The Morgan fingerprint density at radius 2 is 1.61 bits per heavy atom. The minimum atomic E-state index is -0.592. The van der Waals surface area contributed by atoms with Crippen molar-refractivity contribution in [1.82, 2.24) is 4.90 Å². The maximum atomic E-state index is 11.9. The molecule has 18 heavy (non-hydrogen) atoms. The van der Waals surface area contributed by atoms with Crippen molar-refractivity contribution in [2.24, 2.45) is 0 Å². The second kappa shape index (κ2) is 5.03. The molecule has 2 amide bonds. The Morgan fingerprint density at radius 1 is 1.06 bits per heavy atom. The molecule has 0 radical (unpaired) electrons. The normalized spacial score (nSPS) is 15.4. The second-order valence-corrected chi connectivity index (χ2v) is 4.34. The number of phenolic OH excluding ortho intramolecular Hbond substituents is 3. The van der Waals surface area contributed by atoms with Crippen LogP contribution in [0.1, 0.15) is 19.3 Å². The molecule has 1 saturated heterocycles. The van der Waals surface area contributed by atoms with Gasteiger partial charge in [0.25, 0.3) is 0 Å². The largest absolute Gasteiger partial charge is 0.504 e. The van der Waals surface area contributed by atoms with Gasteiger partial charge < -0.3 is 25.5 Å². The minimum absolute atomic E-state index is 0.248. The predicted molar refractivity (Wildman–Crippen MR) is 65.9 cm³/mol. The number of carbonyl (C=O) groups excluding carboxylic acids is 1. The van der Waals surface area contributed by atoms with Gasteiger partial charge >= 0.3 is 6.03 Å². The van der Waals surface area contributed by atoms with Crippen LogP contribution in [0.2, 0.25) is 0 Å². The smallest absolute Gasteiger partial charge is 0.321 e. The number of benzene rings is 1. The molecule has 2 rings (SSSR count). The molecule has 0 atom stereocenters. The number of aromatic hydroxyl groups is 3. The molecular formula is C12H16N2O4. The van der Waals surface area contributed by atoms with Gasteiger partial charge in [-0.25, -0.2) is 4.79 Å². The van der Waals surface area contributed by atoms with Crippen molar-refractivity contribution < 1.29 is 20.1 Å². The Kier molecular flexibility index (Phi) is 3.45. The minimum Gasteiger partial charge on any atom is -0.504 e. The highest BCUT2D eigenvalue weighted by molar-refractivity contribution is 5.90. The first-order chi connectivity index (χ1) is 8.58. The fourth-order valence-corrected chi connectivity index (χ4v) is 1.98. The second-order valence-electron chi connectivity index (χ2n) is 4.34. The Hall–Kier alpha value is -2.11. The summed E-state index contributed by atoms with van der Waals surface area (Å²) in [5.74, 6) is -1.53. The zero-order chi connectivity index (χ0) is 13.1. The van der Waals surface area contributed by atoms with Gasteiger partial charge in [-0.2, -0.15) is 0 Å². The quantitative estimate of drug-likeness (QED) is 0.453. The van der Waals surface area contributed by atoms with Gasteiger partial charge in [0.2, 0.25) is 0 Å². The fraction of sp³-hybridized carbons (Fsp3) is 0.417. The zero-order valence-corrected chi connectivity index (χ0v) is 9.89. The highest BCUT2D eigenvalue weighted by Gasteiger charge is 2.17. The lowest BCUT2D eigenvalue weighted by atomic mass is 10.1. The van der Waals surface area contributed by atoms with E-state index in [-0.39, 0.29) is 11.7 Å². The molecule has 1 aliphatic rings. The van der Waals surface area contributed by atoms with Gasteiger partial charge in [-0.05, 0) is 19.3 Å². The van der Waals surface area contributed by atoms with E-state index < -0.39 is 17.2 Å². The molecule has 0 bridgehead atoms. The number of anilines is 1. The maximum absolute atomic E-state index is 11.9. The van der Waals surface area contributed by atoms with E-state index in [1.165, 1.54) is 12.1 Å². The van der Waals surface area contributed by atoms with Crippen LogP contribution in [0.15, 0.2) is 12.1 Å². The van der Waals surface area contributed by atoms with Crippen molar-refractivity contribution in [2.75, 3.05) is 18.4 Å². The molecule has 1 aromatic rings. The van der Waals surface area contributed by atoms with Crippen LogP contribution in [0.4, 0.5) is 10.5 Å². The van der Waals surface area contributed by atoms with Gasteiger partial charge in [0.15, 0.2) is 17.2 Å². The van der Waals surface area contributed by atoms with Gasteiger partial charge in [-0.1, -0.05) is 0 Å². The number of phenols is 3. The highest BCUT2D eigenvalue weighted by Crippen LogP contribution is 2.37. The standard InChI is InChI=1S/C12H16N2O4/c15-9-6-8(7-10(16)11(9)17)13-12(18)14-4-2-1-3-5-14/h6-7,15-17H,1-5H2,(H,13,18). The SMILES string of the molecule is O=C(Nc1cc(O)c(O)c(O)c1)N1CCCCC1. The number of carbonyl (C=O) groups is 1. The third-order valence-corrected chi connectivity index (χ3v) is 2.96. The lowest BCUT2D eigenvalue weighted by Gasteiger charge is -2.26. The van der Waals surface area contributed by atoms with Crippen LogP contribution in [0.5, 0.6) is 17.2 Å². The lowest BCUT2D eigenvalue weighted by Crippen LogP contribution is -2.38. The summed E-state index contributed by atoms with van der Waals surface area (Å²) in [5.41, 5.74) is 0.248. The van der Waals surface area contributed by atoms with Crippen molar-refractivity contribution in [1.29, 1.82) is 0 Å². The lowest BCUT2D eigenvalue weighted by molar-refractivity contribution is 0.200. The molecule has 0 aromatic heterocycles. The summed E-state index contributed by atoms with van der Waals surface area (Å²) < 4.78 is 0. The molecule has 1 aromatic carbocycles. The summed E-state index contributed by atoms with van der Waals surface area (Å²) in [6.07, 6.45) is 3.10. The monoisotopic (exact) mass is 252 g/mol. The van der Waals surface area contributed by atoms with Crippen molar-refractivity contribution >= 4 is 11.7 Å². The fourth-order valence-electron chi connectivity index (χ4n) is 1.98. The van der Waals surface area contributed by atoms with E-state index in [1.54, 1.807) is 4.90 Å². The van der Waals surface area contributed by atoms with Crippen molar-refractivity contribution in [3.05, 3.63) is 12.1 Å². The van der Waals surface area contributed by atoms with Crippen LogP contribution < -0.4 is 5.32 Å². The molecule has 0 saturated carbocycles. The number of amides is 2. The maximum Gasteiger partial charge on any atom is 0.321 e. The number of urea groups is 1. The molecule has 1 fully saturated rings. The van der Waals surface area contributed by atoms with Gasteiger partial charge in [0, 0.05) is 25.2 Å². The Bertz CT molecular complexity index is 432. The molecule has 0 aliphatic carbocycles. The molecule has 6 nitrogen and oxygen atoms in total. The molecule has 1 heterocycles. The van der Waals surface area contributed by atoms with E-state index >= 15 is 0 Å². The number of hydrogen-bond donors (Lipinski definition) is 4. The summed E-state index contributed by atoms with van der Waals surface area (Å²) in [6.45, 7) is 1.42. The van der Waals surface area contributed by atoms with Crippen molar-refractivity contribution in [3.63, 3.8) is 0 Å². The number of piperidine rings is 1. The van der Waals surface area contributed by atoms with Crippen LogP contribution in [0, 0.1) is 0 Å². The topological polar surface area (TPSA) is 93.0 Å². The number of nitrogens with one attached hydrogen (secondary N) is 1. The number of hydrogen-bond acceptors (Lipinski definition) is 4. The van der Waals surface area contributed by atoms with Crippen LogP contribution in [-0.2, 0) is 0 Å². The predicted octanol–water partition coefficient (Wildman–Crippen LogP) is 1.82. The Morgan fingerprint density at radius 3 is 2.17 bits per heavy atom. The average molecular weight is 252 g/mol. The summed E-state index contributed by atoms with van der Waals surface area (Å²) in [6, 6.07) is 2.12. The van der Waals surface area contributed by atoms with Crippen molar-refractivity contribution in [3.8, 4) is 17.2 Å². The van der Waals surface area contributed by atoms with E-state index in [1.807, 2.05) is 0 Å². The summed E-state index contributed by atoms with van der Waals surface area (Å²) in [5, 5.41) is 30.4. The highest BCUT2D eigenvalue weighted by atomic mass is 16.3. The molecule has 6 heteroatoms. The Balaban J connectivity index is 2.06. The van der Waals surface area contributed by atoms with Gasteiger partial charge in [-0.3, -0.25) is 0 Å². The third-order valence-electron chi connectivity index (χ3n) is 2.96. The summed E-state index contributed by atoms with van der Waals surface area (Å²) in [7, 11) is 0.